The topological polar surface area (TPSA) is 28.7 Å². The molecule has 0 aliphatic carbocycles. The molecule has 1 aromatic heterocycles. The average molecular weight is 586 g/mol. The maximum absolute atomic E-state index is 14.2. The second-order valence-electron chi connectivity index (χ2n) is 7.20. The summed E-state index contributed by atoms with van der Waals surface area (Å²) >= 11 is 0. The molecule has 2 aromatic rings. The summed E-state index contributed by atoms with van der Waals surface area (Å²) in [5.74, 6) is -69.8. The Morgan fingerprint density at radius 2 is 0.811 bits per heavy atom. The molecule has 0 bridgehead atoms. The molecule has 1 heterocycles. The van der Waals surface area contributed by atoms with Gasteiger partial charge in [-0.05, 0) is 12.1 Å². The average Bonchev–Trinajstić information content (AvgIpc) is 3.17. The van der Waals surface area contributed by atoms with Crippen LogP contribution in [0, 0.1) is 0 Å². The van der Waals surface area contributed by atoms with Gasteiger partial charge in [0, 0.05) is 0 Å². The first-order valence-electron chi connectivity index (χ1n) is 8.62. The van der Waals surface area contributed by atoms with Gasteiger partial charge < -0.3 is 4.98 Å². The van der Waals surface area contributed by atoms with E-state index in [0.717, 1.165) is 24.3 Å². The molecule has 212 valence electrons. The lowest BCUT2D eigenvalue weighted by Crippen LogP contribution is -2.75. The molecule has 0 saturated heterocycles. The molecule has 0 radical (unpaired) electrons. The summed E-state index contributed by atoms with van der Waals surface area (Å²) in [6, 6.07) is 3.45. The van der Waals surface area contributed by atoms with Gasteiger partial charge in [0.05, 0.1) is 11.0 Å². The third-order valence-electron chi connectivity index (χ3n) is 4.80. The molecule has 0 amide bonds. The van der Waals surface area contributed by atoms with Gasteiger partial charge in [-0.15, -0.1) is 0 Å². The van der Waals surface area contributed by atoms with E-state index in [4.69, 9.17) is 0 Å². The highest BCUT2D eigenvalue weighted by Gasteiger charge is 2.96. The van der Waals surface area contributed by atoms with Crippen molar-refractivity contribution in [2.75, 3.05) is 0 Å². The van der Waals surface area contributed by atoms with E-state index in [-0.39, 0.29) is 0 Å². The van der Waals surface area contributed by atoms with Crippen LogP contribution in [0.5, 0.6) is 0 Å². The Morgan fingerprint density at radius 1 is 0.459 bits per heavy atom. The van der Waals surface area contributed by atoms with E-state index in [1.165, 1.54) is 4.98 Å². The van der Waals surface area contributed by atoms with Crippen LogP contribution >= 0.6 is 0 Å². The molecule has 2 rings (SSSR count). The van der Waals surface area contributed by atoms with Crippen LogP contribution in [0.3, 0.4) is 0 Å². The van der Waals surface area contributed by atoms with Gasteiger partial charge in [-0.3, -0.25) is 0 Å². The molecular formula is C16H5F19N2. The van der Waals surface area contributed by atoms with Crippen LogP contribution in [0.15, 0.2) is 24.3 Å². The Labute approximate surface area is 189 Å². The summed E-state index contributed by atoms with van der Waals surface area (Å²) in [4.78, 5) is 3.81. The summed E-state index contributed by atoms with van der Waals surface area (Å²) in [5.41, 5.74) is -1.44. The molecule has 1 N–H and O–H groups in total. The van der Waals surface area contributed by atoms with Gasteiger partial charge in [0.25, 0.3) is 0 Å². The number of aromatic amines is 1. The Morgan fingerprint density at radius 3 is 1.19 bits per heavy atom. The van der Waals surface area contributed by atoms with Crippen molar-refractivity contribution in [2.45, 2.75) is 53.6 Å². The molecule has 2 nitrogen and oxygen atoms in total. The molecule has 0 fully saturated rings. The maximum atomic E-state index is 14.2. The lowest BCUT2D eigenvalue weighted by Gasteiger charge is -2.43. The van der Waals surface area contributed by atoms with Gasteiger partial charge in [0.15, 0.2) is 5.82 Å². The number of para-hydroxylation sites is 2. The zero-order valence-electron chi connectivity index (χ0n) is 16.4. The number of alkyl halides is 19. The zero-order valence-corrected chi connectivity index (χ0v) is 16.4. The number of H-pyrrole nitrogens is 1. The van der Waals surface area contributed by atoms with Crippen LogP contribution in [0.2, 0.25) is 0 Å². The fourth-order valence-corrected chi connectivity index (χ4v) is 2.61. The Hall–Kier alpha value is -2.64. The summed E-state index contributed by atoms with van der Waals surface area (Å²) in [6.45, 7) is 0. The van der Waals surface area contributed by atoms with Crippen LogP contribution in [-0.4, -0.2) is 57.6 Å². The highest BCUT2D eigenvalue weighted by atomic mass is 19.4. The second kappa shape index (κ2) is 7.93. The summed E-state index contributed by atoms with van der Waals surface area (Å²) in [6.07, 6.45) is -7.91. The Bertz CT molecular complexity index is 1110. The first-order chi connectivity index (χ1) is 16.1. The van der Waals surface area contributed by atoms with Crippen LogP contribution < -0.4 is 0 Å². The van der Waals surface area contributed by atoms with Gasteiger partial charge in [0.2, 0.25) is 0 Å². The fourth-order valence-electron chi connectivity index (χ4n) is 2.61. The number of aromatic nitrogens is 2. The first-order valence-corrected chi connectivity index (χ1v) is 8.62. The lowest BCUT2D eigenvalue weighted by molar-refractivity contribution is -0.469. The Kier molecular flexibility index (Phi) is 6.56. The van der Waals surface area contributed by atoms with Crippen molar-refractivity contribution in [3.8, 4) is 0 Å². The maximum Gasteiger partial charge on any atom is 0.460 e. The van der Waals surface area contributed by atoms with Crippen molar-refractivity contribution in [1.82, 2.24) is 9.97 Å². The number of hydrogen-bond acceptors (Lipinski definition) is 1. The molecule has 0 spiro atoms. The third kappa shape index (κ3) is 3.68. The summed E-state index contributed by atoms with van der Waals surface area (Å²) in [7, 11) is 0. The molecule has 37 heavy (non-hydrogen) atoms. The monoisotopic (exact) mass is 586 g/mol. The number of rotatable bonds is 8. The number of nitrogens with zero attached hydrogens (tertiary/aromatic N) is 1. The smallest absolute Gasteiger partial charge is 0.337 e. The van der Waals surface area contributed by atoms with Crippen molar-refractivity contribution in [3.05, 3.63) is 30.1 Å². The van der Waals surface area contributed by atoms with Crippen molar-refractivity contribution >= 4 is 11.0 Å². The number of halogens is 19. The third-order valence-corrected chi connectivity index (χ3v) is 4.80. The second-order valence-corrected chi connectivity index (χ2v) is 7.20. The van der Waals surface area contributed by atoms with E-state index in [2.05, 4.69) is 4.98 Å². The number of fused-ring (bicyclic) bond motifs is 1. The van der Waals surface area contributed by atoms with Gasteiger partial charge in [-0.1, -0.05) is 12.1 Å². The molecule has 21 heteroatoms. The van der Waals surface area contributed by atoms with E-state index >= 15 is 0 Å². The van der Waals surface area contributed by atoms with Gasteiger partial charge in [-0.2, -0.15) is 83.4 Å². The summed E-state index contributed by atoms with van der Waals surface area (Å²) in [5, 5.41) is 0. The minimum absolute atomic E-state index is 0.686. The number of hydrogen-bond donors (Lipinski definition) is 1. The highest BCUT2D eigenvalue weighted by molar-refractivity contribution is 5.74. The van der Waals surface area contributed by atoms with Gasteiger partial charge >= 0.3 is 53.6 Å². The van der Waals surface area contributed by atoms with Crippen molar-refractivity contribution in [1.29, 1.82) is 0 Å². The number of imidazole rings is 1. The standard InChI is InChI=1S/C16H5F19N2/c17-8(18,7-36-5-3-1-2-4-6(5)37-7)9(19,20)10(21,22)11(23,24)12(25,26)13(27,28)14(29,30)15(31,32)16(33,34)35/h1-4H,(H,36,37). The van der Waals surface area contributed by atoms with Crippen LogP contribution in [0.4, 0.5) is 83.4 Å². The first kappa shape index (κ1) is 30.6. The Balaban J connectivity index is 2.69. The van der Waals surface area contributed by atoms with Crippen molar-refractivity contribution < 1.29 is 83.4 Å². The van der Waals surface area contributed by atoms with Crippen molar-refractivity contribution in [2.24, 2.45) is 0 Å². The van der Waals surface area contributed by atoms with Gasteiger partial charge in [0.1, 0.15) is 0 Å². The molecule has 0 aliphatic rings. The minimum Gasteiger partial charge on any atom is -0.337 e. The summed E-state index contributed by atoms with van der Waals surface area (Å²) < 4.78 is 254. The molecular weight excluding hydrogens is 581 g/mol. The normalized spacial score (nSPS) is 16.0. The highest BCUT2D eigenvalue weighted by Crippen LogP contribution is 2.65. The lowest BCUT2D eigenvalue weighted by atomic mass is 9.87. The predicted octanol–water partition coefficient (Wildman–Crippen LogP) is 7.66. The number of benzene rings is 1. The molecule has 0 aliphatic heterocycles. The minimum atomic E-state index is -8.95. The number of nitrogens with one attached hydrogen (secondary N) is 1. The van der Waals surface area contributed by atoms with Crippen LogP contribution in [-0.2, 0) is 5.92 Å². The molecule has 1 aromatic carbocycles. The van der Waals surface area contributed by atoms with Crippen LogP contribution in [0.25, 0.3) is 11.0 Å². The quantitative estimate of drug-likeness (QED) is 0.317. The van der Waals surface area contributed by atoms with Crippen molar-refractivity contribution in [3.63, 3.8) is 0 Å². The molecule has 0 unspecified atom stereocenters. The van der Waals surface area contributed by atoms with E-state index in [1.807, 2.05) is 0 Å². The SMILES string of the molecule is FC(F)(F)C(F)(F)C(F)(F)C(F)(F)C(F)(F)C(F)(F)C(F)(F)C(F)(F)C(F)(F)c1nc2ccccc2[nH]1. The van der Waals surface area contributed by atoms with E-state index in [1.54, 1.807) is 0 Å². The van der Waals surface area contributed by atoms with E-state index in [9.17, 15) is 83.4 Å². The zero-order chi connectivity index (χ0) is 29.5. The van der Waals surface area contributed by atoms with E-state index in [0.29, 0.717) is 0 Å². The predicted molar refractivity (Wildman–Crippen MR) is 80.7 cm³/mol. The molecule has 0 saturated carbocycles. The molecule has 0 atom stereocenters. The van der Waals surface area contributed by atoms with Gasteiger partial charge in [-0.25, -0.2) is 4.98 Å². The largest absolute Gasteiger partial charge is 0.460 e. The fraction of sp³-hybridized carbons (Fsp3) is 0.562. The van der Waals surface area contributed by atoms with Crippen LogP contribution in [0.1, 0.15) is 5.82 Å². The van der Waals surface area contributed by atoms with E-state index < -0.39 is 70.4 Å².